The van der Waals surface area contributed by atoms with Gasteiger partial charge in [0.05, 0.1) is 6.61 Å². The first-order chi connectivity index (χ1) is 3.77. The lowest BCUT2D eigenvalue weighted by molar-refractivity contribution is 0.163. The van der Waals surface area contributed by atoms with Crippen LogP contribution in [0.1, 0.15) is 6.92 Å². The molecule has 0 unspecified atom stereocenters. The number of nitrogens with two attached hydrogens (primary N) is 1. The summed E-state index contributed by atoms with van der Waals surface area (Å²) in [7, 11) is 0. The summed E-state index contributed by atoms with van der Waals surface area (Å²) in [6.07, 6.45) is -0.711. The van der Waals surface area contributed by atoms with Crippen LogP contribution in [0.4, 0.5) is 4.79 Å². The summed E-state index contributed by atoms with van der Waals surface area (Å²) >= 11 is 0. The molecule has 0 fully saturated rings. The number of primary amides is 1. The van der Waals surface area contributed by atoms with E-state index < -0.39 is 6.09 Å². The summed E-state index contributed by atoms with van der Waals surface area (Å²) in [5.41, 5.74) is 4.54. The second kappa shape index (κ2) is 9.23. The Morgan fingerprint density at radius 3 is 2.25 bits per heavy atom. The van der Waals surface area contributed by atoms with Crippen molar-refractivity contribution in [2.45, 2.75) is 6.92 Å². The van der Waals surface area contributed by atoms with Gasteiger partial charge in [0.15, 0.2) is 0 Å². The number of nitrogens with zero attached hydrogens (tertiary/aromatic N) is 1. The Hall–Kier alpha value is -1.24. The average Bonchev–Trinajstić information content (AvgIpc) is 1.72. The highest BCUT2D eigenvalue weighted by Crippen LogP contribution is 1.66. The third kappa shape index (κ3) is 21.7. The Morgan fingerprint density at radius 1 is 1.88 bits per heavy atom. The van der Waals surface area contributed by atoms with Gasteiger partial charge < -0.3 is 10.5 Å². The normalized spacial score (nSPS) is 5.88. The number of ether oxygens (including phenoxy) is 1. The Balaban J connectivity index is 0. The first kappa shape index (κ1) is 9.90. The molecule has 0 heterocycles. The molecule has 4 heteroatoms. The van der Waals surface area contributed by atoms with Crippen molar-refractivity contribution in [3.05, 3.63) is 0 Å². The standard InChI is InChI=1S/C3H7NO2.CHN/c1-2-6-3(4)5;1-2/h2H2,1H3,(H2,4,5);1H. The van der Waals surface area contributed by atoms with E-state index in [1.807, 2.05) is 0 Å². The molecule has 0 atom stereocenters. The first-order valence-electron chi connectivity index (χ1n) is 1.95. The molecule has 0 aliphatic carbocycles. The summed E-state index contributed by atoms with van der Waals surface area (Å²) in [4.78, 5) is 9.60. The predicted molar refractivity (Wildman–Crippen MR) is 27.9 cm³/mol. The molecule has 0 aromatic carbocycles. The number of hydrogen-bond donors (Lipinski definition) is 1. The molecule has 2 N–H and O–H groups in total. The maximum atomic E-state index is 9.60. The van der Waals surface area contributed by atoms with Crippen LogP contribution in [0.5, 0.6) is 0 Å². The highest BCUT2D eigenvalue weighted by atomic mass is 16.5. The first-order valence-corrected chi connectivity index (χ1v) is 1.95. The molecule has 0 radical (unpaired) electrons. The minimum Gasteiger partial charge on any atom is -0.450 e. The van der Waals surface area contributed by atoms with E-state index in [9.17, 15) is 4.79 Å². The second-order valence-corrected chi connectivity index (χ2v) is 0.752. The van der Waals surface area contributed by atoms with E-state index in [1.54, 1.807) is 6.92 Å². The van der Waals surface area contributed by atoms with Crippen LogP contribution < -0.4 is 5.73 Å². The van der Waals surface area contributed by atoms with Crippen LogP contribution >= 0.6 is 0 Å². The fourth-order valence-electron chi connectivity index (χ4n) is 0.142. The molecule has 0 aliphatic rings. The number of nitriles is 1. The Labute approximate surface area is 47.8 Å². The monoisotopic (exact) mass is 116 g/mol. The zero-order valence-corrected chi connectivity index (χ0v) is 4.63. The van der Waals surface area contributed by atoms with Crippen molar-refractivity contribution in [1.82, 2.24) is 0 Å². The molecule has 8 heavy (non-hydrogen) atoms. The third-order valence-corrected chi connectivity index (χ3v) is 0.287. The highest BCUT2D eigenvalue weighted by molar-refractivity contribution is 5.64. The summed E-state index contributed by atoms with van der Waals surface area (Å²) < 4.78 is 4.18. The molecule has 0 bridgehead atoms. The van der Waals surface area contributed by atoms with Gasteiger partial charge in [0.25, 0.3) is 0 Å². The van der Waals surface area contributed by atoms with Gasteiger partial charge in [0.2, 0.25) is 0 Å². The molecule has 1 amide bonds. The van der Waals surface area contributed by atoms with Gasteiger partial charge >= 0.3 is 6.09 Å². The van der Waals surface area contributed by atoms with Crippen LogP contribution in [0.25, 0.3) is 0 Å². The predicted octanol–water partition coefficient (Wildman–Crippen LogP) is 0.241. The molecule has 0 aliphatic heterocycles. The zero-order valence-electron chi connectivity index (χ0n) is 4.63. The maximum absolute atomic E-state index is 9.60. The van der Waals surface area contributed by atoms with E-state index >= 15 is 0 Å². The molecule has 0 aromatic heterocycles. The molecule has 0 rings (SSSR count). The van der Waals surface area contributed by atoms with Crippen LogP contribution in [0.2, 0.25) is 0 Å². The lowest BCUT2D eigenvalue weighted by Crippen LogP contribution is -2.11. The average molecular weight is 116 g/mol. The van der Waals surface area contributed by atoms with Gasteiger partial charge in [-0.05, 0) is 6.92 Å². The van der Waals surface area contributed by atoms with Gasteiger partial charge in [-0.25, -0.2) is 10.1 Å². The Bertz CT molecular complexity index is 79.4. The minimum atomic E-state index is -0.711. The fraction of sp³-hybridized carbons (Fsp3) is 0.500. The van der Waals surface area contributed by atoms with Crippen LogP contribution in [-0.4, -0.2) is 12.7 Å². The van der Waals surface area contributed by atoms with E-state index in [-0.39, 0.29) is 0 Å². The van der Waals surface area contributed by atoms with Crippen molar-refractivity contribution in [3.8, 4) is 6.57 Å². The van der Waals surface area contributed by atoms with Crippen molar-refractivity contribution >= 4 is 6.09 Å². The van der Waals surface area contributed by atoms with Crippen molar-refractivity contribution < 1.29 is 9.53 Å². The number of carbonyl (C=O) groups excluding carboxylic acids is 1. The highest BCUT2D eigenvalue weighted by Gasteiger charge is 1.82. The summed E-state index contributed by atoms with van der Waals surface area (Å²) in [6.45, 7) is 5.56. The summed E-state index contributed by atoms with van der Waals surface area (Å²) in [5.74, 6) is 0. The van der Waals surface area contributed by atoms with E-state index in [1.165, 1.54) is 0 Å². The second-order valence-electron chi connectivity index (χ2n) is 0.752. The fourth-order valence-corrected chi connectivity index (χ4v) is 0.142. The van der Waals surface area contributed by atoms with E-state index in [0.29, 0.717) is 6.61 Å². The van der Waals surface area contributed by atoms with Gasteiger partial charge in [-0.1, -0.05) is 0 Å². The number of amides is 1. The number of hydrogen-bond acceptors (Lipinski definition) is 3. The molecular weight excluding hydrogens is 108 g/mol. The van der Waals surface area contributed by atoms with Gasteiger partial charge in [0, 0.05) is 6.57 Å². The van der Waals surface area contributed by atoms with Crippen molar-refractivity contribution in [3.63, 3.8) is 0 Å². The van der Waals surface area contributed by atoms with E-state index in [0.717, 1.165) is 0 Å². The van der Waals surface area contributed by atoms with Crippen LogP contribution in [0.3, 0.4) is 0 Å². The molecule has 46 valence electrons. The lowest BCUT2D eigenvalue weighted by Gasteiger charge is -1.89. The van der Waals surface area contributed by atoms with Crippen LogP contribution in [0, 0.1) is 11.8 Å². The van der Waals surface area contributed by atoms with Crippen LogP contribution in [0.15, 0.2) is 0 Å². The minimum absolute atomic E-state index is 0.356. The maximum Gasteiger partial charge on any atom is 0.404 e. The smallest absolute Gasteiger partial charge is 0.404 e. The van der Waals surface area contributed by atoms with E-state index in [2.05, 4.69) is 17.0 Å². The van der Waals surface area contributed by atoms with Crippen LogP contribution in [-0.2, 0) is 4.74 Å². The molecular formula is C4H8N2O2. The molecule has 0 spiro atoms. The van der Waals surface area contributed by atoms with Crippen molar-refractivity contribution in [2.75, 3.05) is 6.61 Å². The molecule has 0 aromatic rings. The summed E-state index contributed by atoms with van der Waals surface area (Å²) in [6, 6.07) is 0. The summed E-state index contributed by atoms with van der Waals surface area (Å²) in [5, 5.41) is 6.50. The Morgan fingerprint density at radius 2 is 2.25 bits per heavy atom. The van der Waals surface area contributed by atoms with Gasteiger partial charge in [-0.3, -0.25) is 0 Å². The van der Waals surface area contributed by atoms with E-state index in [4.69, 9.17) is 5.26 Å². The molecule has 0 saturated heterocycles. The molecule has 4 nitrogen and oxygen atoms in total. The SMILES string of the molecule is C#N.CCOC(N)=O. The third-order valence-electron chi connectivity index (χ3n) is 0.287. The van der Waals surface area contributed by atoms with Gasteiger partial charge in [-0.15, -0.1) is 0 Å². The largest absolute Gasteiger partial charge is 0.450 e. The Kier molecular flexibility index (Phi) is 11.4. The van der Waals surface area contributed by atoms with Gasteiger partial charge in [-0.2, -0.15) is 0 Å². The number of carbonyl (C=O) groups is 1. The van der Waals surface area contributed by atoms with Crippen molar-refractivity contribution in [2.24, 2.45) is 5.73 Å². The topological polar surface area (TPSA) is 76.1 Å². The zero-order chi connectivity index (χ0) is 6.99. The molecule has 0 saturated carbocycles. The van der Waals surface area contributed by atoms with Gasteiger partial charge in [0.1, 0.15) is 0 Å². The lowest BCUT2D eigenvalue weighted by atomic mass is 10.9. The van der Waals surface area contributed by atoms with Crippen molar-refractivity contribution in [1.29, 1.82) is 5.26 Å². The number of rotatable bonds is 1. The quantitative estimate of drug-likeness (QED) is 0.533.